The standard InChI is InChI=1S/C10H15N3O3/c1-7-5-11-10(4-9(7)13(14)15)12-8(2)6-16-3/h4-5,8H,6H2,1-3H3,(H,11,12). The van der Waals surface area contributed by atoms with E-state index < -0.39 is 4.92 Å². The van der Waals surface area contributed by atoms with Crippen molar-refractivity contribution in [2.24, 2.45) is 0 Å². The summed E-state index contributed by atoms with van der Waals surface area (Å²) in [5, 5.41) is 13.7. The molecule has 1 heterocycles. The van der Waals surface area contributed by atoms with E-state index in [2.05, 4.69) is 10.3 Å². The number of rotatable bonds is 5. The molecule has 1 N–H and O–H groups in total. The predicted octanol–water partition coefficient (Wildman–Crippen LogP) is 1.75. The van der Waals surface area contributed by atoms with Gasteiger partial charge in [0.1, 0.15) is 5.82 Å². The zero-order valence-corrected chi connectivity index (χ0v) is 9.56. The summed E-state index contributed by atoms with van der Waals surface area (Å²) >= 11 is 0. The van der Waals surface area contributed by atoms with Crippen molar-refractivity contribution in [3.05, 3.63) is 27.9 Å². The van der Waals surface area contributed by atoms with Gasteiger partial charge in [0.2, 0.25) is 0 Å². The van der Waals surface area contributed by atoms with Gasteiger partial charge in [-0.05, 0) is 13.8 Å². The van der Waals surface area contributed by atoms with Gasteiger partial charge in [0.05, 0.1) is 17.6 Å². The Hall–Kier alpha value is -1.69. The van der Waals surface area contributed by atoms with Crippen LogP contribution in [0.3, 0.4) is 0 Å². The van der Waals surface area contributed by atoms with E-state index in [4.69, 9.17) is 4.74 Å². The minimum absolute atomic E-state index is 0.0554. The van der Waals surface area contributed by atoms with Crippen molar-refractivity contribution in [1.82, 2.24) is 4.98 Å². The molecule has 1 atom stereocenters. The number of nitrogens with zero attached hydrogens (tertiary/aromatic N) is 2. The van der Waals surface area contributed by atoms with Crippen molar-refractivity contribution in [2.75, 3.05) is 19.0 Å². The van der Waals surface area contributed by atoms with Crippen LogP contribution in [0, 0.1) is 17.0 Å². The number of nitro groups is 1. The largest absolute Gasteiger partial charge is 0.383 e. The molecular weight excluding hydrogens is 210 g/mol. The summed E-state index contributed by atoms with van der Waals surface area (Å²) < 4.78 is 4.95. The molecule has 0 saturated heterocycles. The summed E-state index contributed by atoms with van der Waals surface area (Å²) in [5.74, 6) is 0.488. The fourth-order valence-corrected chi connectivity index (χ4v) is 1.33. The van der Waals surface area contributed by atoms with Crippen LogP contribution in [-0.4, -0.2) is 29.7 Å². The predicted molar refractivity (Wildman–Crippen MR) is 60.6 cm³/mol. The van der Waals surface area contributed by atoms with Crippen molar-refractivity contribution in [3.63, 3.8) is 0 Å². The van der Waals surface area contributed by atoms with E-state index in [1.54, 1.807) is 14.0 Å². The van der Waals surface area contributed by atoms with E-state index in [0.29, 0.717) is 18.0 Å². The van der Waals surface area contributed by atoms with E-state index in [9.17, 15) is 10.1 Å². The second kappa shape index (κ2) is 5.41. The van der Waals surface area contributed by atoms with Crippen LogP contribution < -0.4 is 5.32 Å². The molecule has 1 aromatic rings. The van der Waals surface area contributed by atoms with Crippen molar-refractivity contribution in [3.8, 4) is 0 Å². The summed E-state index contributed by atoms with van der Waals surface area (Å²) in [6, 6.07) is 1.49. The molecule has 0 radical (unpaired) electrons. The number of ether oxygens (including phenoxy) is 1. The van der Waals surface area contributed by atoms with Crippen LogP contribution in [0.25, 0.3) is 0 Å². The van der Waals surface area contributed by atoms with Crippen LogP contribution in [0.5, 0.6) is 0 Å². The first-order valence-corrected chi connectivity index (χ1v) is 4.91. The molecule has 16 heavy (non-hydrogen) atoms. The summed E-state index contributed by atoms with van der Waals surface area (Å²) in [7, 11) is 1.60. The number of hydrogen-bond donors (Lipinski definition) is 1. The quantitative estimate of drug-likeness (QED) is 0.610. The SMILES string of the molecule is COCC(C)Nc1cc([N+](=O)[O-])c(C)cn1. The Balaban J connectivity index is 2.82. The maximum absolute atomic E-state index is 10.7. The van der Waals surface area contributed by atoms with Crippen LogP contribution >= 0.6 is 0 Å². The van der Waals surface area contributed by atoms with Gasteiger partial charge in [0.15, 0.2) is 0 Å². The Labute approximate surface area is 93.8 Å². The Morgan fingerprint density at radius 3 is 2.94 bits per heavy atom. The fourth-order valence-electron chi connectivity index (χ4n) is 1.33. The molecule has 0 amide bonds. The van der Waals surface area contributed by atoms with E-state index >= 15 is 0 Å². The minimum atomic E-state index is -0.414. The monoisotopic (exact) mass is 225 g/mol. The number of hydrogen-bond acceptors (Lipinski definition) is 5. The minimum Gasteiger partial charge on any atom is -0.383 e. The van der Waals surface area contributed by atoms with Gasteiger partial charge < -0.3 is 10.1 Å². The van der Waals surface area contributed by atoms with Gasteiger partial charge in [-0.25, -0.2) is 4.98 Å². The first-order chi connectivity index (χ1) is 7.54. The lowest BCUT2D eigenvalue weighted by atomic mass is 10.2. The highest BCUT2D eigenvalue weighted by molar-refractivity contribution is 5.49. The van der Waals surface area contributed by atoms with Crippen LogP contribution in [0.15, 0.2) is 12.3 Å². The molecule has 0 aliphatic carbocycles. The zero-order chi connectivity index (χ0) is 12.1. The number of nitrogens with one attached hydrogen (secondary N) is 1. The fraction of sp³-hybridized carbons (Fsp3) is 0.500. The maximum Gasteiger partial charge on any atom is 0.277 e. The van der Waals surface area contributed by atoms with E-state index in [1.165, 1.54) is 12.3 Å². The highest BCUT2D eigenvalue weighted by Gasteiger charge is 2.12. The normalized spacial score (nSPS) is 12.2. The molecule has 0 aliphatic rings. The Kier molecular flexibility index (Phi) is 4.19. The van der Waals surface area contributed by atoms with Crippen LogP contribution in [0.4, 0.5) is 11.5 Å². The first kappa shape index (κ1) is 12.4. The van der Waals surface area contributed by atoms with Crippen LogP contribution in [-0.2, 0) is 4.74 Å². The molecule has 0 saturated carbocycles. The van der Waals surface area contributed by atoms with Gasteiger partial charge in [-0.1, -0.05) is 0 Å². The summed E-state index contributed by atoms with van der Waals surface area (Å²) in [5.41, 5.74) is 0.622. The van der Waals surface area contributed by atoms with Crippen molar-refractivity contribution >= 4 is 11.5 Å². The highest BCUT2D eigenvalue weighted by atomic mass is 16.6. The van der Waals surface area contributed by atoms with Gasteiger partial charge in [0.25, 0.3) is 5.69 Å². The zero-order valence-electron chi connectivity index (χ0n) is 9.56. The Morgan fingerprint density at radius 2 is 2.38 bits per heavy atom. The molecule has 88 valence electrons. The number of aryl methyl sites for hydroxylation is 1. The van der Waals surface area contributed by atoms with E-state index in [1.807, 2.05) is 6.92 Å². The van der Waals surface area contributed by atoms with Crippen LogP contribution in [0.1, 0.15) is 12.5 Å². The molecule has 1 rings (SSSR count). The molecule has 0 aromatic carbocycles. The topological polar surface area (TPSA) is 77.3 Å². The third kappa shape index (κ3) is 3.16. The number of methoxy groups -OCH3 is 1. The smallest absolute Gasteiger partial charge is 0.277 e. The second-order valence-corrected chi connectivity index (χ2v) is 3.61. The first-order valence-electron chi connectivity index (χ1n) is 4.91. The second-order valence-electron chi connectivity index (χ2n) is 3.61. The molecule has 0 aliphatic heterocycles. The molecule has 6 heteroatoms. The van der Waals surface area contributed by atoms with Gasteiger partial charge in [-0.2, -0.15) is 0 Å². The third-order valence-corrected chi connectivity index (χ3v) is 2.08. The molecule has 0 bridgehead atoms. The molecule has 1 aromatic heterocycles. The summed E-state index contributed by atoms with van der Waals surface area (Å²) in [6.45, 7) is 4.09. The average Bonchev–Trinajstić information content (AvgIpc) is 2.21. The van der Waals surface area contributed by atoms with Gasteiger partial charge >= 0.3 is 0 Å². The van der Waals surface area contributed by atoms with E-state index in [0.717, 1.165) is 0 Å². The molecule has 1 unspecified atom stereocenters. The molecule has 0 fully saturated rings. The van der Waals surface area contributed by atoms with Gasteiger partial charge in [-0.15, -0.1) is 0 Å². The number of anilines is 1. The van der Waals surface area contributed by atoms with Gasteiger partial charge in [-0.3, -0.25) is 10.1 Å². The Morgan fingerprint density at radius 1 is 1.69 bits per heavy atom. The number of aromatic nitrogens is 1. The van der Waals surface area contributed by atoms with Crippen LogP contribution in [0.2, 0.25) is 0 Å². The van der Waals surface area contributed by atoms with Crippen molar-refractivity contribution in [1.29, 1.82) is 0 Å². The summed E-state index contributed by atoms with van der Waals surface area (Å²) in [6.07, 6.45) is 1.49. The molecular formula is C10H15N3O3. The maximum atomic E-state index is 10.7. The molecule has 0 spiro atoms. The number of pyridine rings is 1. The highest BCUT2D eigenvalue weighted by Crippen LogP contribution is 2.20. The summed E-state index contributed by atoms with van der Waals surface area (Å²) in [4.78, 5) is 14.4. The molecule has 6 nitrogen and oxygen atoms in total. The lowest BCUT2D eigenvalue weighted by Gasteiger charge is -2.13. The lowest BCUT2D eigenvalue weighted by molar-refractivity contribution is -0.385. The Bertz CT molecular complexity index is 382. The van der Waals surface area contributed by atoms with Crippen molar-refractivity contribution < 1.29 is 9.66 Å². The van der Waals surface area contributed by atoms with E-state index in [-0.39, 0.29) is 11.7 Å². The lowest BCUT2D eigenvalue weighted by Crippen LogP contribution is -2.21. The third-order valence-electron chi connectivity index (χ3n) is 2.08. The van der Waals surface area contributed by atoms with Crippen molar-refractivity contribution in [2.45, 2.75) is 19.9 Å². The average molecular weight is 225 g/mol. The van der Waals surface area contributed by atoms with Gasteiger partial charge in [0, 0.05) is 24.9 Å².